The number of amides is 1. The number of aromatic nitrogens is 2. The summed E-state index contributed by atoms with van der Waals surface area (Å²) in [6.07, 6.45) is 4.56. The van der Waals surface area contributed by atoms with Crippen LogP contribution in [0.4, 0.5) is 5.82 Å². The van der Waals surface area contributed by atoms with Gasteiger partial charge >= 0.3 is 5.69 Å². The summed E-state index contributed by atoms with van der Waals surface area (Å²) in [5.41, 5.74) is 8.93. The number of nitrogen functional groups attached to an aromatic ring is 1. The zero-order chi connectivity index (χ0) is 19.7. The summed E-state index contributed by atoms with van der Waals surface area (Å²) in [7, 11) is 0. The van der Waals surface area contributed by atoms with E-state index < -0.39 is 22.9 Å². The summed E-state index contributed by atoms with van der Waals surface area (Å²) in [4.78, 5) is 30.1. The molecule has 0 radical (unpaired) electrons. The van der Waals surface area contributed by atoms with Crippen LogP contribution in [0, 0.1) is 0 Å². The number of hydrogen-bond acceptors (Lipinski definition) is 7. The van der Waals surface area contributed by atoms with Crippen molar-refractivity contribution in [1.82, 2.24) is 14.5 Å². The molecule has 9 nitrogen and oxygen atoms in total. The lowest BCUT2D eigenvalue weighted by Crippen LogP contribution is -2.58. The smallest absolute Gasteiger partial charge is 0.349 e. The number of nitrogens with zero attached hydrogens (tertiary/aromatic N) is 3. The number of nitrogens with two attached hydrogens (primary N) is 2. The number of ether oxygens (including phenoxy) is 1. The van der Waals surface area contributed by atoms with Gasteiger partial charge in [0.2, 0.25) is 5.91 Å². The second-order valence-corrected chi connectivity index (χ2v) is 7.86. The number of hydrogen-bond donors (Lipinski definition) is 3. The normalized spacial score (nSPS) is 27.7. The van der Waals surface area contributed by atoms with Crippen LogP contribution in [0.1, 0.15) is 45.1 Å². The Bertz CT molecular complexity index is 740. The molecule has 0 unspecified atom stereocenters. The highest BCUT2D eigenvalue weighted by molar-refractivity contribution is 5.76. The number of aliphatic hydroxyl groups is 1. The zero-order valence-electron chi connectivity index (χ0n) is 15.8. The van der Waals surface area contributed by atoms with E-state index in [4.69, 9.17) is 16.2 Å². The molecule has 1 amide bonds. The van der Waals surface area contributed by atoms with Crippen LogP contribution in [-0.4, -0.2) is 62.9 Å². The predicted octanol–water partition coefficient (Wildman–Crippen LogP) is -0.362. The number of likely N-dealkylation sites (tertiary alicyclic amines) is 1. The van der Waals surface area contributed by atoms with E-state index in [1.807, 2.05) is 4.90 Å². The number of carbonyl (C=O) groups excluding carboxylic acids is 1. The molecule has 5 N–H and O–H groups in total. The lowest BCUT2D eigenvalue weighted by atomic mass is 9.77. The summed E-state index contributed by atoms with van der Waals surface area (Å²) in [5, 5.41) is 10.8. The number of anilines is 1. The van der Waals surface area contributed by atoms with Gasteiger partial charge in [-0.15, -0.1) is 0 Å². The molecule has 150 valence electrons. The molecule has 3 rings (SSSR count). The molecule has 0 aromatic carbocycles. The van der Waals surface area contributed by atoms with Crippen molar-refractivity contribution in [2.45, 2.75) is 56.3 Å². The minimum absolute atomic E-state index is 0.119. The fraction of sp³-hybridized carbons (Fsp3) is 0.722. The topological polar surface area (TPSA) is 137 Å². The third-order valence-corrected chi connectivity index (χ3v) is 5.76. The first-order valence-corrected chi connectivity index (χ1v) is 9.45. The van der Waals surface area contributed by atoms with Gasteiger partial charge in [0.15, 0.2) is 0 Å². The van der Waals surface area contributed by atoms with Crippen molar-refractivity contribution >= 4 is 11.7 Å². The van der Waals surface area contributed by atoms with E-state index >= 15 is 0 Å². The first-order valence-electron chi connectivity index (χ1n) is 9.45. The first kappa shape index (κ1) is 19.8. The van der Waals surface area contributed by atoms with Gasteiger partial charge in [0.1, 0.15) is 11.4 Å². The average Bonchev–Trinajstić information content (AvgIpc) is 2.63. The van der Waals surface area contributed by atoms with Crippen LogP contribution in [-0.2, 0) is 9.53 Å². The molecule has 0 bridgehead atoms. The van der Waals surface area contributed by atoms with Crippen LogP contribution in [0.15, 0.2) is 17.1 Å². The molecule has 0 saturated carbocycles. The minimum Gasteiger partial charge on any atom is -0.386 e. The Kier molecular flexibility index (Phi) is 5.55. The maximum Gasteiger partial charge on any atom is 0.349 e. The van der Waals surface area contributed by atoms with Gasteiger partial charge in [0.05, 0.1) is 18.2 Å². The lowest BCUT2D eigenvalue weighted by molar-refractivity contribution is -0.202. The van der Waals surface area contributed by atoms with Crippen molar-refractivity contribution in [2.75, 3.05) is 32.0 Å². The van der Waals surface area contributed by atoms with Gasteiger partial charge in [0.25, 0.3) is 0 Å². The lowest BCUT2D eigenvalue weighted by Gasteiger charge is -2.51. The SMILES string of the molecule is C[C@]1(O)COC2(CCN(C(=O)CCCN)CC2)C[C@@H]1n1ccc(N)nc1=O. The van der Waals surface area contributed by atoms with E-state index in [2.05, 4.69) is 4.98 Å². The van der Waals surface area contributed by atoms with Crippen LogP contribution in [0.25, 0.3) is 0 Å². The van der Waals surface area contributed by atoms with Crippen molar-refractivity contribution in [2.24, 2.45) is 5.73 Å². The molecule has 3 heterocycles. The number of rotatable bonds is 4. The first-order chi connectivity index (χ1) is 12.8. The summed E-state index contributed by atoms with van der Waals surface area (Å²) in [5.74, 6) is 0.274. The monoisotopic (exact) mass is 379 g/mol. The van der Waals surface area contributed by atoms with E-state index in [0.29, 0.717) is 51.7 Å². The van der Waals surface area contributed by atoms with Crippen molar-refractivity contribution in [1.29, 1.82) is 0 Å². The van der Waals surface area contributed by atoms with Gasteiger partial charge in [-0.3, -0.25) is 9.36 Å². The quantitative estimate of drug-likeness (QED) is 0.649. The Morgan fingerprint density at radius 2 is 2.15 bits per heavy atom. The molecule has 2 saturated heterocycles. The van der Waals surface area contributed by atoms with Crippen molar-refractivity contribution in [3.05, 3.63) is 22.7 Å². The molecule has 2 atom stereocenters. The second kappa shape index (κ2) is 7.57. The summed E-state index contributed by atoms with van der Waals surface area (Å²) in [6, 6.07) is 1.09. The van der Waals surface area contributed by atoms with Crippen molar-refractivity contribution < 1.29 is 14.6 Å². The molecular weight excluding hydrogens is 350 g/mol. The van der Waals surface area contributed by atoms with Crippen LogP contribution in [0.3, 0.4) is 0 Å². The highest BCUT2D eigenvalue weighted by Crippen LogP contribution is 2.43. The minimum atomic E-state index is -1.19. The van der Waals surface area contributed by atoms with Gasteiger partial charge in [0, 0.05) is 32.1 Å². The van der Waals surface area contributed by atoms with Crippen molar-refractivity contribution in [3.8, 4) is 0 Å². The third-order valence-electron chi connectivity index (χ3n) is 5.76. The van der Waals surface area contributed by atoms with Crippen LogP contribution < -0.4 is 17.2 Å². The highest BCUT2D eigenvalue weighted by atomic mass is 16.5. The highest BCUT2D eigenvalue weighted by Gasteiger charge is 2.49. The van der Waals surface area contributed by atoms with Gasteiger partial charge in [-0.25, -0.2) is 4.79 Å². The molecule has 2 aliphatic heterocycles. The molecule has 2 fully saturated rings. The Morgan fingerprint density at radius 3 is 2.78 bits per heavy atom. The summed E-state index contributed by atoms with van der Waals surface area (Å²) >= 11 is 0. The maximum absolute atomic E-state index is 12.3. The Balaban J connectivity index is 1.74. The molecule has 1 spiro atoms. The molecule has 9 heteroatoms. The Hall–Kier alpha value is -1.97. The van der Waals surface area contributed by atoms with E-state index in [1.54, 1.807) is 19.2 Å². The maximum atomic E-state index is 12.3. The molecule has 0 aliphatic carbocycles. The van der Waals surface area contributed by atoms with E-state index in [0.717, 1.165) is 0 Å². The van der Waals surface area contributed by atoms with E-state index in [1.165, 1.54) is 4.57 Å². The fourth-order valence-corrected chi connectivity index (χ4v) is 4.01. The zero-order valence-corrected chi connectivity index (χ0v) is 15.8. The standard InChI is InChI=1S/C18H29N5O4/c1-17(26)12-27-18(5-9-22(10-6-18)15(24)3-2-7-19)11-13(17)23-8-4-14(20)21-16(23)25/h4,8,13,26H,2-3,5-7,9-12,19H2,1H3,(H2,20,21,25)/t13-,17-/m0/s1. The Labute approximate surface area is 158 Å². The van der Waals surface area contributed by atoms with Crippen LogP contribution in [0.2, 0.25) is 0 Å². The average molecular weight is 379 g/mol. The number of carbonyl (C=O) groups is 1. The molecule has 1 aromatic heterocycles. The Morgan fingerprint density at radius 1 is 1.44 bits per heavy atom. The molecule has 27 heavy (non-hydrogen) atoms. The van der Waals surface area contributed by atoms with Gasteiger partial charge in [-0.2, -0.15) is 4.98 Å². The van der Waals surface area contributed by atoms with Gasteiger partial charge < -0.3 is 26.2 Å². The largest absolute Gasteiger partial charge is 0.386 e. The van der Waals surface area contributed by atoms with Gasteiger partial charge in [-0.05, 0) is 38.8 Å². The van der Waals surface area contributed by atoms with Crippen LogP contribution >= 0.6 is 0 Å². The molecule has 1 aromatic rings. The van der Waals surface area contributed by atoms with Gasteiger partial charge in [-0.1, -0.05) is 0 Å². The van der Waals surface area contributed by atoms with E-state index in [9.17, 15) is 14.7 Å². The summed E-state index contributed by atoms with van der Waals surface area (Å²) in [6.45, 7) is 3.50. The van der Waals surface area contributed by atoms with E-state index in [-0.39, 0.29) is 18.3 Å². The molecule has 2 aliphatic rings. The fourth-order valence-electron chi connectivity index (χ4n) is 4.01. The summed E-state index contributed by atoms with van der Waals surface area (Å²) < 4.78 is 7.52. The predicted molar refractivity (Wildman–Crippen MR) is 100.0 cm³/mol. The second-order valence-electron chi connectivity index (χ2n) is 7.86. The molecular formula is C18H29N5O4. The van der Waals surface area contributed by atoms with Crippen LogP contribution in [0.5, 0.6) is 0 Å². The van der Waals surface area contributed by atoms with Crippen molar-refractivity contribution in [3.63, 3.8) is 0 Å². The third kappa shape index (κ3) is 4.15. The number of piperidine rings is 1.